The van der Waals surface area contributed by atoms with Crippen molar-refractivity contribution in [3.8, 4) is 0 Å². The first-order valence-electron chi connectivity index (χ1n) is 8.45. The highest BCUT2D eigenvalue weighted by atomic mass is 16.6. The predicted molar refractivity (Wildman–Crippen MR) is 92.3 cm³/mol. The zero-order valence-corrected chi connectivity index (χ0v) is 15.2. The maximum Gasteiger partial charge on any atom is 0.410 e. The van der Waals surface area contributed by atoms with Gasteiger partial charge in [-0.3, -0.25) is 9.59 Å². The van der Waals surface area contributed by atoms with E-state index in [0.717, 1.165) is 12.8 Å². The van der Waals surface area contributed by atoms with Crippen LogP contribution in [0.2, 0.25) is 0 Å². The van der Waals surface area contributed by atoms with Gasteiger partial charge in [0, 0.05) is 32.7 Å². The first-order valence-corrected chi connectivity index (χ1v) is 8.45. The van der Waals surface area contributed by atoms with E-state index in [-0.39, 0.29) is 23.3 Å². The minimum absolute atomic E-state index is 0.216. The molecular formula is C17H26N4O4. The Morgan fingerprint density at radius 2 is 1.96 bits per heavy atom. The topological polar surface area (TPSA) is 95.6 Å². The molecule has 1 aromatic heterocycles. The molecule has 8 heteroatoms. The van der Waals surface area contributed by atoms with Gasteiger partial charge in [0.25, 0.3) is 11.5 Å². The summed E-state index contributed by atoms with van der Waals surface area (Å²) in [6.07, 6.45) is 1.35. The van der Waals surface area contributed by atoms with Crippen LogP contribution in [0.15, 0.2) is 16.9 Å². The third-order valence-corrected chi connectivity index (χ3v) is 4.04. The molecule has 0 radical (unpaired) electrons. The minimum atomic E-state index is -0.496. The smallest absolute Gasteiger partial charge is 0.410 e. The molecule has 1 fully saturated rings. The largest absolute Gasteiger partial charge is 0.444 e. The van der Waals surface area contributed by atoms with Crippen molar-refractivity contribution in [2.75, 3.05) is 26.7 Å². The van der Waals surface area contributed by atoms with Gasteiger partial charge in [-0.1, -0.05) is 0 Å². The molecule has 2 amide bonds. The molecule has 138 valence electrons. The van der Waals surface area contributed by atoms with E-state index in [2.05, 4.69) is 10.2 Å². The fourth-order valence-electron chi connectivity index (χ4n) is 2.75. The number of amides is 2. The molecular weight excluding hydrogens is 324 g/mol. The molecule has 1 saturated heterocycles. The number of piperidine rings is 1. The van der Waals surface area contributed by atoms with Gasteiger partial charge in [-0.05, 0) is 45.6 Å². The number of H-pyrrole nitrogens is 1. The molecule has 0 aromatic carbocycles. The van der Waals surface area contributed by atoms with Crippen LogP contribution < -0.4 is 5.56 Å². The van der Waals surface area contributed by atoms with Gasteiger partial charge in [0.2, 0.25) is 0 Å². The summed E-state index contributed by atoms with van der Waals surface area (Å²) in [5, 5.41) is 6.03. The lowest BCUT2D eigenvalue weighted by atomic mass is 9.96. The Morgan fingerprint density at radius 1 is 1.32 bits per heavy atom. The number of likely N-dealkylation sites (tertiary alicyclic amines) is 1. The van der Waals surface area contributed by atoms with Crippen molar-refractivity contribution in [3.63, 3.8) is 0 Å². The van der Waals surface area contributed by atoms with E-state index < -0.39 is 5.60 Å². The molecule has 0 saturated carbocycles. The summed E-state index contributed by atoms with van der Waals surface area (Å²) in [5.74, 6) is 0.0845. The van der Waals surface area contributed by atoms with E-state index in [9.17, 15) is 14.4 Å². The molecule has 2 heterocycles. The van der Waals surface area contributed by atoms with Crippen LogP contribution in [0.4, 0.5) is 4.79 Å². The Hall–Kier alpha value is -2.38. The summed E-state index contributed by atoms with van der Waals surface area (Å²) in [6.45, 7) is 7.38. The molecule has 8 nitrogen and oxygen atoms in total. The number of rotatable bonds is 3. The lowest BCUT2D eigenvalue weighted by molar-refractivity contribution is 0.0170. The molecule has 1 N–H and O–H groups in total. The van der Waals surface area contributed by atoms with Crippen molar-refractivity contribution in [2.45, 2.75) is 39.2 Å². The number of ether oxygens (including phenoxy) is 1. The van der Waals surface area contributed by atoms with Crippen LogP contribution in [0.1, 0.15) is 44.1 Å². The number of hydrogen-bond donors (Lipinski definition) is 1. The Balaban J connectivity index is 1.83. The van der Waals surface area contributed by atoms with E-state index in [0.29, 0.717) is 25.6 Å². The highest BCUT2D eigenvalue weighted by Crippen LogP contribution is 2.20. The van der Waals surface area contributed by atoms with Gasteiger partial charge in [-0.25, -0.2) is 9.89 Å². The minimum Gasteiger partial charge on any atom is -0.444 e. The molecule has 0 spiro atoms. The molecule has 1 aromatic rings. The second kappa shape index (κ2) is 7.67. The Kier molecular flexibility index (Phi) is 5.81. The second-order valence-electron chi connectivity index (χ2n) is 7.40. The number of aromatic nitrogens is 2. The van der Waals surface area contributed by atoms with Crippen molar-refractivity contribution < 1.29 is 14.3 Å². The van der Waals surface area contributed by atoms with Crippen molar-refractivity contribution in [1.82, 2.24) is 20.0 Å². The second-order valence-corrected chi connectivity index (χ2v) is 7.40. The molecule has 0 aliphatic carbocycles. The first-order chi connectivity index (χ1) is 11.7. The maximum atomic E-state index is 12.3. The van der Waals surface area contributed by atoms with Crippen LogP contribution in [0.25, 0.3) is 0 Å². The van der Waals surface area contributed by atoms with E-state index in [1.807, 2.05) is 20.8 Å². The molecule has 0 bridgehead atoms. The van der Waals surface area contributed by atoms with Crippen molar-refractivity contribution in [1.29, 1.82) is 0 Å². The maximum absolute atomic E-state index is 12.3. The first kappa shape index (κ1) is 19.0. The Bertz CT molecular complexity index is 651. The molecule has 0 unspecified atom stereocenters. The monoisotopic (exact) mass is 350 g/mol. The normalized spacial score (nSPS) is 15.8. The predicted octanol–water partition coefficient (Wildman–Crippen LogP) is 1.49. The van der Waals surface area contributed by atoms with E-state index in [1.165, 1.54) is 12.1 Å². The number of nitrogens with one attached hydrogen (secondary N) is 1. The molecule has 1 aliphatic heterocycles. The Labute approximate surface area is 147 Å². The van der Waals surface area contributed by atoms with Crippen LogP contribution in [-0.4, -0.2) is 64.3 Å². The third kappa shape index (κ3) is 5.58. The fourth-order valence-corrected chi connectivity index (χ4v) is 2.75. The zero-order valence-electron chi connectivity index (χ0n) is 15.2. The fraction of sp³-hybridized carbons (Fsp3) is 0.647. The number of nitrogens with zero attached hydrogens (tertiary/aromatic N) is 3. The third-order valence-electron chi connectivity index (χ3n) is 4.04. The van der Waals surface area contributed by atoms with E-state index in [1.54, 1.807) is 16.8 Å². The Morgan fingerprint density at radius 3 is 2.48 bits per heavy atom. The lowest BCUT2D eigenvalue weighted by Gasteiger charge is -2.34. The number of carbonyl (C=O) groups excluding carboxylic acids is 2. The van der Waals surface area contributed by atoms with Gasteiger partial charge in [-0.15, -0.1) is 0 Å². The summed E-state index contributed by atoms with van der Waals surface area (Å²) in [7, 11) is 1.72. The van der Waals surface area contributed by atoms with Crippen LogP contribution in [0.3, 0.4) is 0 Å². The summed E-state index contributed by atoms with van der Waals surface area (Å²) < 4.78 is 5.38. The van der Waals surface area contributed by atoms with Crippen molar-refractivity contribution >= 4 is 12.0 Å². The van der Waals surface area contributed by atoms with Gasteiger partial charge in [0.1, 0.15) is 11.3 Å². The van der Waals surface area contributed by atoms with Crippen LogP contribution >= 0.6 is 0 Å². The summed E-state index contributed by atoms with van der Waals surface area (Å²) in [6, 6.07) is 2.70. The molecule has 2 rings (SSSR count). The van der Waals surface area contributed by atoms with E-state index in [4.69, 9.17) is 4.74 Å². The zero-order chi connectivity index (χ0) is 18.6. The average molecular weight is 350 g/mol. The molecule has 0 atom stereocenters. The highest BCUT2D eigenvalue weighted by Gasteiger charge is 2.28. The number of carbonyl (C=O) groups is 2. The van der Waals surface area contributed by atoms with Crippen molar-refractivity contribution in [3.05, 3.63) is 28.2 Å². The summed E-state index contributed by atoms with van der Waals surface area (Å²) >= 11 is 0. The average Bonchev–Trinajstić information content (AvgIpc) is 2.54. The lowest BCUT2D eigenvalue weighted by Crippen LogP contribution is -2.44. The quantitative estimate of drug-likeness (QED) is 0.891. The molecule has 25 heavy (non-hydrogen) atoms. The van der Waals surface area contributed by atoms with E-state index >= 15 is 0 Å². The summed E-state index contributed by atoms with van der Waals surface area (Å²) in [4.78, 5) is 38.7. The van der Waals surface area contributed by atoms with Gasteiger partial charge in [-0.2, -0.15) is 5.10 Å². The van der Waals surface area contributed by atoms with Crippen LogP contribution in [0.5, 0.6) is 0 Å². The van der Waals surface area contributed by atoms with Gasteiger partial charge >= 0.3 is 6.09 Å². The standard InChI is InChI=1S/C17H26N4O4/c1-17(2,3)25-16(24)21-9-7-12(8-10-21)11-20(4)15(23)13-5-6-14(22)19-18-13/h5-6,12H,7-11H2,1-4H3,(H,19,22). The van der Waals surface area contributed by atoms with Crippen LogP contribution in [0, 0.1) is 5.92 Å². The highest BCUT2D eigenvalue weighted by molar-refractivity contribution is 5.91. The summed E-state index contributed by atoms with van der Waals surface area (Å²) in [5.41, 5.74) is -0.619. The van der Waals surface area contributed by atoms with Gasteiger partial charge in [0.05, 0.1) is 0 Å². The van der Waals surface area contributed by atoms with Gasteiger partial charge < -0.3 is 14.5 Å². The molecule has 1 aliphatic rings. The number of aromatic amines is 1. The van der Waals surface area contributed by atoms with Crippen LogP contribution in [-0.2, 0) is 4.74 Å². The van der Waals surface area contributed by atoms with Gasteiger partial charge in [0.15, 0.2) is 0 Å². The number of hydrogen-bond acceptors (Lipinski definition) is 5. The van der Waals surface area contributed by atoms with Crippen molar-refractivity contribution in [2.24, 2.45) is 5.92 Å². The SMILES string of the molecule is CN(CC1CCN(C(=O)OC(C)(C)C)CC1)C(=O)c1ccc(=O)[nH]n1.